The van der Waals surface area contributed by atoms with E-state index in [1.165, 1.54) is 12.3 Å². The Kier molecular flexibility index (Phi) is 3.45. The van der Waals surface area contributed by atoms with E-state index in [-0.39, 0.29) is 5.56 Å². The molecule has 1 aromatic carbocycles. The third kappa shape index (κ3) is 2.53. The number of nitrogens with zero attached hydrogens (tertiary/aromatic N) is 1. The molecule has 0 bridgehead atoms. The van der Waals surface area contributed by atoms with Crippen molar-refractivity contribution in [1.29, 1.82) is 0 Å². The zero-order valence-electron chi connectivity index (χ0n) is 11.4. The second-order valence-electron chi connectivity index (χ2n) is 5.06. The molecule has 0 amide bonds. The van der Waals surface area contributed by atoms with Crippen molar-refractivity contribution in [3.8, 4) is 0 Å². The van der Waals surface area contributed by atoms with E-state index in [0.29, 0.717) is 36.1 Å². The molecule has 1 aromatic heterocycles. The van der Waals surface area contributed by atoms with E-state index < -0.39 is 23.7 Å². The Hall–Kier alpha value is -2.24. The number of carbonyl (C=O) groups is 1. The summed E-state index contributed by atoms with van der Waals surface area (Å²) in [6.07, 6.45) is 2.28. The van der Waals surface area contributed by atoms with Crippen LogP contribution in [-0.2, 0) is 11.2 Å². The number of ether oxygens (including phenoxy) is 1. The summed E-state index contributed by atoms with van der Waals surface area (Å²) in [4.78, 5) is 12.1. The van der Waals surface area contributed by atoms with Gasteiger partial charge in [-0.1, -0.05) is 5.16 Å². The van der Waals surface area contributed by atoms with E-state index in [9.17, 15) is 13.6 Å². The van der Waals surface area contributed by atoms with Crippen LogP contribution in [0, 0.1) is 18.6 Å². The molecule has 0 aliphatic heterocycles. The third-order valence-corrected chi connectivity index (χ3v) is 3.65. The van der Waals surface area contributed by atoms with Gasteiger partial charge in [-0.15, -0.1) is 0 Å². The maximum absolute atomic E-state index is 13.8. The molecule has 1 aliphatic carbocycles. The molecule has 0 N–H and O–H groups in total. The fourth-order valence-corrected chi connectivity index (χ4v) is 2.60. The van der Waals surface area contributed by atoms with Crippen LogP contribution < -0.4 is 0 Å². The van der Waals surface area contributed by atoms with E-state index >= 15 is 0 Å². The van der Waals surface area contributed by atoms with Gasteiger partial charge >= 0.3 is 5.97 Å². The first-order valence-electron chi connectivity index (χ1n) is 6.66. The molecule has 1 aliphatic rings. The number of fused-ring (bicyclic) bond motifs is 1. The minimum Gasteiger partial charge on any atom is -0.454 e. The summed E-state index contributed by atoms with van der Waals surface area (Å²) in [5.41, 5.74) is 1.46. The van der Waals surface area contributed by atoms with Crippen molar-refractivity contribution in [3.63, 3.8) is 0 Å². The van der Waals surface area contributed by atoms with Gasteiger partial charge in [-0.3, -0.25) is 0 Å². The quantitative estimate of drug-likeness (QED) is 0.795. The molecule has 0 unspecified atom stereocenters. The topological polar surface area (TPSA) is 52.3 Å². The molecule has 1 atom stereocenters. The monoisotopic (exact) mass is 293 g/mol. The Bertz CT molecular complexity index is 696. The van der Waals surface area contributed by atoms with Gasteiger partial charge in [-0.25, -0.2) is 13.6 Å². The molecule has 4 nitrogen and oxygen atoms in total. The van der Waals surface area contributed by atoms with Crippen LogP contribution in [0.3, 0.4) is 0 Å². The second kappa shape index (κ2) is 5.27. The van der Waals surface area contributed by atoms with Crippen molar-refractivity contribution in [2.45, 2.75) is 32.3 Å². The van der Waals surface area contributed by atoms with E-state index in [4.69, 9.17) is 9.26 Å². The lowest BCUT2D eigenvalue weighted by atomic mass is 9.89. The number of rotatable bonds is 2. The second-order valence-corrected chi connectivity index (χ2v) is 5.06. The summed E-state index contributed by atoms with van der Waals surface area (Å²) < 4.78 is 37.2. The lowest BCUT2D eigenvalue weighted by Gasteiger charge is -2.25. The highest BCUT2D eigenvalue weighted by molar-refractivity contribution is 5.90. The first kappa shape index (κ1) is 13.7. The zero-order valence-corrected chi connectivity index (χ0v) is 11.4. The van der Waals surface area contributed by atoms with Gasteiger partial charge in [0.05, 0.1) is 5.69 Å². The van der Waals surface area contributed by atoms with E-state index in [0.717, 1.165) is 6.07 Å². The number of esters is 1. The number of hydrogen-bond acceptors (Lipinski definition) is 4. The van der Waals surface area contributed by atoms with Crippen molar-refractivity contribution in [1.82, 2.24) is 5.16 Å². The van der Waals surface area contributed by atoms with Crippen LogP contribution in [0.5, 0.6) is 0 Å². The van der Waals surface area contributed by atoms with Crippen molar-refractivity contribution in [3.05, 3.63) is 52.4 Å². The minimum atomic E-state index is -0.671. The predicted octanol–water partition coefficient (Wildman–Crippen LogP) is 3.50. The van der Waals surface area contributed by atoms with Crippen molar-refractivity contribution >= 4 is 5.97 Å². The Morgan fingerprint density at radius 3 is 2.95 bits per heavy atom. The van der Waals surface area contributed by atoms with Crippen LogP contribution in [0.2, 0.25) is 0 Å². The summed E-state index contributed by atoms with van der Waals surface area (Å²) in [5.74, 6) is -1.86. The first-order valence-corrected chi connectivity index (χ1v) is 6.66. The van der Waals surface area contributed by atoms with Gasteiger partial charge in [-0.2, -0.15) is 0 Å². The minimum absolute atomic E-state index is 0.221. The van der Waals surface area contributed by atoms with Gasteiger partial charge in [0.25, 0.3) is 0 Å². The van der Waals surface area contributed by atoms with Gasteiger partial charge in [0.15, 0.2) is 0 Å². The average molecular weight is 293 g/mol. The van der Waals surface area contributed by atoms with Gasteiger partial charge < -0.3 is 9.26 Å². The number of aromatic nitrogens is 1. The van der Waals surface area contributed by atoms with Crippen LogP contribution in [0.15, 0.2) is 22.9 Å². The molecular weight excluding hydrogens is 280 g/mol. The van der Waals surface area contributed by atoms with Crippen LogP contribution in [0.1, 0.15) is 46.1 Å². The van der Waals surface area contributed by atoms with E-state index in [1.54, 1.807) is 6.92 Å². The molecule has 110 valence electrons. The van der Waals surface area contributed by atoms with Gasteiger partial charge in [0.1, 0.15) is 29.6 Å². The van der Waals surface area contributed by atoms with Crippen molar-refractivity contribution in [2.24, 2.45) is 0 Å². The summed E-state index contributed by atoms with van der Waals surface area (Å²) in [5, 5.41) is 3.61. The molecule has 21 heavy (non-hydrogen) atoms. The summed E-state index contributed by atoms with van der Waals surface area (Å²) in [6, 6.07) is 2.09. The normalized spacial score (nSPS) is 17.4. The maximum atomic E-state index is 13.8. The lowest BCUT2D eigenvalue weighted by Crippen LogP contribution is -2.18. The number of benzene rings is 1. The van der Waals surface area contributed by atoms with Crippen LogP contribution >= 0.6 is 0 Å². The third-order valence-electron chi connectivity index (χ3n) is 3.65. The fraction of sp³-hybridized carbons (Fsp3) is 0.333. The number of carbonyl (C=O) groups excluding carboxylic acids is 1. The number of halogens is 2. The van der Waals surface area contributed by atoms with Crippen molar-refractivity contribution < 1.29 is 22.8 Å². The number of hydrogen-bond donors (Lipinski definition) is 0. The van der Waals surface area contributed by atoms with Crippen molar-refractivity contribution in [2.75, 3.05) is 0 Å². The molecule has 0 fully saturated rings. The van der Waals surface area contributed by atoms with Crippen LogP contribution in [0.25, 0.3) is 0 Å². The zero-order chi connectivity index (χ0) is 15.0. The molecule has 2 aromatic rings. The van der Waals surface area contributed by atoms with Gasteiger partial charge in [-0.05, 0) is 37.8 Å². The SMILES string of the molecule is Cc1nocc1C(=O)O[C@@H]1CCCc2c(F)cc(F)cc21. The van der Waals surface area contributed by atoms with Crippen LogP contribution in [0.4, 0.5) is 8.78 Å². The number of aryl methyl sites for hydroxylation is 1. The average Bonchev–Trinajstić information content (AvgIpc) is 2.86. The summed E-state index contributed by atoms with van der Waals surface area (Å²) in [7, 11) is 0. The molecular formula is C15H13F2NO3. The predicted molar refractivity (Wildman–Crippen MR) is 68.7 cm³/mol. The van der Waals surface area contributed by atoms with E-state index in [1.807, 2.05) is 0 Å². The lowest BCUT2D eigenvalue weighted by molar-refractivity contribution is 0.0252. The van der Waals surface area contributed by atoms with Gasteiger partial charge in [0, 0.05) is 11.6 Å². The molecule has 0 saturated carbocycles. The smallest absolute Gasteiger partial charge is 0.344 e. The highest BCUT2D eigenvalue weighted by Crippen LogP contribution is 2.35. The first-order chi connectivity index (χ1) is 10.1. The Balaban J connectivity index is 1.89. The molecule has 0 radical (unpaired) electrons. The summed E-state index contributed by atoms with van der Waals surface area (Å²) in [6.45, 7) is 1.62. The van der Waals surface area contributed by atoms with E-state index in [2.05, 4.69) is 5.16 Å². The molecule has 0 saturated heterocycles. The maximum Gasteiger partial charge on any atom is 0.344 e. The molecule has 1 heterocycles. The highest BCUT2D eigenvalue weighted by Gasteiger charge is 2.28. The Labute approximate surface area is 119 Å². The Morgan fingerprint density at radius 1 is 1.43 bits per heavy atom. The standard InChI is InChI=1S/C15H13F2NO3/c1-8-12(7-20-18-8)15(19)21-14-4-2-3-10-11(14)5-9(16)6-13(10)17/h5-7,14H,2-4H2,1H3/t14-/m1/s1. The fourth-order valence-electron chi connectivity index (χ4n) is 2.60. The van der Waals surface area contributed by atoms with Crippen LogP contribution in [-0.4, -0.2) is 11.1 Å². The van der Waals surface area contributed by atoms with Gasteiger partial charge in [0.2, 0.25) is 0 Å². The Morgan fingerprint density at radius 2 is 2.24 bits per heavy atom. The molecule has 3 rings (SSSR count). The molecule has 0 spiro atoms. The largest absolute Gasteiger partial charge is 0.454 e. The molecule has 6 heteroatoms. The summed E-state index contributed by atoms with van der Waals surface area (Å²) >= 11 is 0. The highest BCUT2D eigenvalue weighted by atomic mass is 19.1.